The van der Waals surface area contributed by atoms with Gasteiger partial charge in [0.2, 0.25) is 0 Å². The summed E-state index contributed by atoms with van der Waals surface area (Å²) in [7, 11) is 0. The van der Waals surface area contributed by atoms with Gasteiger partial charge in [-0.2, -0.15) is 0 Å². The van der Waals surface area contributed by atoms with Gasteiger partial charge < -0.3 is 15.8 Å². The number of aliphatic imine (C=N–C) groups is 1. The highest BCUT2D eigenvalue weighted by Crippen LogP contribution is 2.30. The quantitative estimate of drug-likeness (QED) is 0.290. The van der Waals surface area contributed by atoms with E-state index in [0.717, 1.165) is 36.1 Å². The second kappa shape index (κ2) is 11.4. The fourth-order valence-electron chi connectivity index (χ4n) is 4.29. The van der Waals surface area contributed by atoms with E-state index in [4.69, 9.17) is 10.5 Å². The van der Waals surface area contributed by atoms with Gasteiger partial charge in [0.05, 0.1) is 13.2 Å². The van der Waals surface area contributed by atoms with Crippen molar-refractivity contribution in [2.24, 2.45) is 16.6 Å². The standard InChI is InChI=1S/C28H30N4O3/c1-2-35-26(33)15-19-5-6-24-16-25(12-11-23(24)14-19)32-28(34)22-9-7-21(8-10-22)27(29)31-18-20-4-3-13-30-17-20/h3-4,7-13,16-17,19H,2,5-6,14-15,18H2,1H3,(H2,29,31)(H,32,34). The van der Waals surface area contributed by atoms with E-state index in [0.29, 0.717) is 36.9 Å². The molecule has 1 unspecified atom stereocenters. The number of amidine groups is 1. The summed E-state index contributed by atoms with van der Waals surface area (Å²) in [5, 5.41) is 2.98. The number of hydrogen-bond acceptors (Lipinski definition) is 5. The molecular formula is C28H30N4O3. The summed E-state index contributed by atoms with van der Waals surface area (Å²) < 4.78 is 5.09. The van der Waals surface area contributed by atoms with Crippen LogP contribution in [0, 0.1) is 5.92 Å². The van der Waals surface area contributed by atoms with Crippen molar-refractivity contribution in [2.75, 3.05) is 11.9 Å². The zero-order chi connectivity index (χ0) is 24.6. The van der Waals surface area contributed by atoms with Gasteiger partial charge in [-0.3, -0.25) is 19.6 Å². The maximum atomic E-state index is 12.8. The topological polar surface area (TPSA) is 107 Å². The largest absolute Gasteiger partial charge is 0.466 e. The molecule has 7 heteroatoms. The van der Waals surface area contributed by atoms with Crippen LogP contribution in [0.4, 0.5) is 5.69 Å². The number of benzene rings is 2. The highest BCUT2D eigenvalue weighted by Gasteiger charge is 2.22. The number of nitrogens with one attached hydrogen (secondary N) is 1. The van der Waals surface area contributed by atoms with Gasteiger partial charge >= 0.3 is 5.97 Å². The van der Waals surface area contributed by atoms with E-state index >= 15 is 0 Å². The monoisotopic (exact) mass is 470 g/mol. The Morgan fingerprint density at radius 2 is 1.91 bits per heavy atom. The van der Waals surface area contributed by atoms with Gasteiger partial charge in [0.15, 0.2) is 0 Å². The Hall–Kier alpha value is -4.00. The van der Waals surface area contributed by atoms with Crippen LogP contribution in [0.1, 0.15) is 52.4 Å². The Morgan fingerprint density at radius 3 is 2.66 bits per heavy atom. The molecule has 0 radical (unpaired) electrons. The number of ether oxygens (including phenoxy) is 1. The summed E-state index contributed by atoms with van der Waals surface area (Å²) in [5.41, 5.74) is 11.6. The molecule has 0 aliphatic heterocycles. The predicted octanol–water partition coefficient (Wildman–Crippen LogP) is 4.30. The van der Waals surface area contributed by atoms with Gasteiger partial charge in [-0.1, -0.05) is 24.3 Å². The molecule has 3 N–H and O–H groups in total. The number of nitrogens with two attached hydrogens (primary N) is 1. The number of carbonyl (C=O) groups is 2. The lowest BCUT2D eigenvalue weighted by molar-refractivity contribution is -0.144. The van der Waals surface area contributed by atoms with E-state index in [1.165, 1.54) is 11.1 Å². The maximum absolute atomic E-state index is 12.8. The highest BCUT2D eigenvalue weighted by molar-refractivity contribution is 6.05. The van der Waals surface area contributed by atoms with Crippen molar-refractivity contribution >= 4 is 23.4 Å². The first-order chi connectivity index (χ1) is 17.0. The Bertz CT molecular complexity index is 1210. The molecule has 0 saturated heterocycles. The van der Waals surface area contributed by atoms with Crippen LogP contribution in [0.5, 0.6) is 0 Å². The fourth-order valence-corrected chi connectivity index (χ4v) is 4.29. The number of nitrogens with zero attached hydrogens (tertiary/aromatic N) is 2. The molecule has 0 saturated carbocycles. The van der Waals surface area contributed by atoms with E-state index in [2.05, 4.69) is 15.3 Å². The predicted molar refractivity (Wildman–Crippen MR) is 136 cm³/mol. The van der Waals surface area contributed by atoms with Crippen molar-refractivity contribution in [1.82, 2.24) is 4.98 Å². The molecule has 1 amide bonds. The minimum atomic E-state index is -0.182. The van der Waals surface area contributed by atoms with Crippen LogP contribution in [-0.2, 0) is 28.9 Å². The first-order valence-electron chi connectivity index (χ1n) is 11.9. The number of pyridine rings is 1. The summed E-state index contributed by atoms with van der Waals surface area (Å²) in [4.78, 5) is 33.1. The maximum Gasteiger partial charge on any atom is 0.306 e. The molecule has 1 heterocycles. The molecule has 1 atom stereocenters. The van der Waals surface area contributed by atoms with Crippen LogP contribution in [0.3, 0.4) is 0 Å². The molecule has 0 spiro atoms. The Kier molecular flexibility index (Phi) is 7.88. The lowest BCUT2D eigenvalue weighted by atomic mass is 9.82. The Balaban J connectivity index is 1.35. The number of aryl methyl sites for hydroxylation is 1. The second-order valence-electron chi connectivity index (χ2n) is 8.70. The molecule has 180 valence electrons. The van der Waals surface area contributed by atoms with Crippen molar-refractivity contribution in [3.63, 3.8) is 0 Å². The van der Waals surface area contributed by atoms with Crippen LogP contribution in [0.15, 0.2) is 72.0 Å². The van der Waals surface area contributed by atoms with E-state index in [1.807, 2.05) is 37.3 Å². The van der Waals surface area contributed by atoms with Gasteiger partial charge in [-0.05, 0) is 79.1 Å². The van der Waals surface area contributed by atoms with Crippen LogP contribution >= 0.6 is 0 Å². The summed E-state index contributed by atoms with van der Waals surface area (Å²) in [5.74, 6) is 0.411. The van der Waals surface area contributed by atoms with Gasteiger partial charge in [-0.25, -0.2) is 0 Å². The van der Waals surface area contributed by atoms with Gasteiger partial charge in [0.25, 0.3) is 5.91 Å². The average molecular weight is 471 g/mol. The number of hydrogen-bond donors (Lipinski definition) is 2. The summed E-state index contributed by atoms with van der Waals surface area (Å²) in [6, 6.07) is 16.9. The molecule has 3 aromatic rings. The lowest BCUT2D eigenvalue weighted by Gasteiger charge is -2.24. The van der Waals surface area contributed by atoms with Crippen molar-refractivity contribution < 1.29 is 14.3 Å². The van der Waals surface area contributed by atoms with Crippen LogP contribution < -0.4 is 11.1 Å². The molecule has 1 aliphatic rings. The van der Waals surface area contributed by atoms with Crippen molar-refractivity contribution in [2.45, 2.75) is 39.2 Å². The molecule has 4 rings (SSSR count). The average Bonchev–Trinajstić information content (AvgIpc) is 2.88. The molecule has 0 bridgehead atoms. The first kappa shape index (κ1) is 24.1. The Morgan fingerprint density at radius 1 is 1.11 bits per heavy atom. The molecule has 1 aromatic heterocycles. The number of amides is 1. The summed E-state index contributed by atoms with van der Waals surface area (Å²) in [6.07, 6.45) is 6.61. The van der Waals surface area contributed by atoms with Gasteiger partial charge in [0, 0.05) is 35.6 Å². The zero-order valence-corrected chi connectivity index (χ0v) is 19.9. The van der Waals surface area contributed by atoms with Crippen LogP contribution in [0.25, 0.3) is 0 Å². The fraction of sp³-hybridized carbons (Fsp3) is 0.286. The third-order valence-corrected chi connectivity index (χ3v) is 6.15. The van der Waals surface area contributed by atoms with E-state index in [9.17, 15) is 9.59 Å². The lowest BCUT2D eigenvalue weighted by Crippen LogP contribution is -2.19. The Labute approximate surface area is 205 Å². The third kappa shape index (κ3) is 6.53. The number of rotatable bonds is 8. The van der Waals surface area contributed by atoms with E-state index in [-0.39, 0.29) is 11.9 Å². The smallest absolute Gasteiger partial charge is 0.306 e. The number of aromatic nitrogens is 1. The van der Waals surface area contributed by atoms with E-state index < -0.39 is 0 Å². The number of carbonyl (C=O) groups excluding carboxylic acids is 2. The highest BCUT2D eigenvalue weighted by atomic mass is 16.5. The third-order valence-electron chi connectivity index (χ3n) is 6.15. The summed E-state index contributed by atoms with van der Waals surface area (Å²) >= 11 is 0. The number of fused-ring (bicyclic) bond motifs is 1. The zero-order valence-electron chi connectivity index (χ0n) is 19.9. The minimum absolute atomic E-state index is 0.127. The minimum Gasteiger partial charge on any atom is -0.466 e. The van der Waals surface area contributed by atoms with Crippen molar-refractivity contribution in [3.05, 3.63) is 94.8 Å². The normalized spacial score (nSPS) is 15.2. The molecular weight excluding hydrogens is 440 g/mol. The van der Waals surface area contributed by atoms with Crippen molar-refractivity contribution in [1.29, 1.82) is 0 Å². The molecule has 35 heavy (non-hydrogen) atoms. The van der Waals surface area contributed by atoms with E-state index in [1.54, 1.807) is 36.7 Å². The molecule has 2 aromatic carbocycles. The SMILES string of the molecule is CCOC(=O)CC1CCc2cc(NC(=O)c3ccc(C(N)=NCc4cccnc4)cc3)ccc2C1. The summed E-state index contributed by atoms with van der Waals surface area (Å²) in [6.45, 7) is 2.69. The van der Waals surface area contributed by atoms with Crippen LogP contribution in [-0.4, -0.2) is 29.3 Å². The number of esters is 1. The second-order valence-corrected chi connectivity index (χ2v) is 8.70. The van der Waals surface area contributed by atoms with Gasteiger partial charge in [-0.15, -0.1) is 0 Å². The number of anilines is 1. The molecule has 1 aliphatic carbocycles. The van der Waals surface area contributed by atoms with Gasteiger partial charge in [0.1, 0.15) is 5.84 Å². The van der Waals surface area contributed by atoms with Crippen LogP contribution in [0.2, 0.25) is 0 Å². The first-order valence-corrected chi connectivity index (χ1v) is 11.9. The molecule has 0 fully saturated rings. The molecule has 7 nitrogen and oxygen atoms in total. The van der Waals surface area contributed by atoms with Crippen molar-refractivity contribution in [3.8, 4) is 0 Å².